The highest BCUT2D eigenvalue weighted by molar-refractivity contribution is 4.94. The molecule has 7 heteroatoms. The van der Waals surface area contributed by atoms with E-state index in [0.29, 0.717) is 12.8 Å². The number of nitrogens with zero attached hydrogens (tertiary/aromatic N) is 1. The second kappa shape index (κ2) is 4.42. The molecule has 1 aromatic heterocycles. The zero-order valence-electron chi connectivity index (χ0n) is 8.97. The molecule has 0 aromatic carbocycles. The van der Waals surface area contributed by atoms with Gasteiger partial charge in [-0.3, -0.25) is 14.3 Å². The van der Waals surface area contributed by atoms with Crippen molar-refractivity contribution in [3.63, 3.8) is 0 Å². The smallest absolute Gasteiger partial charge is 0.328 e. The Kier molecular flexibility index (Phi) is 3.12. The second-order valence-electron chi connectivity index (χ2n) is 4.30. The maximum absolute atomic E-state index is 13.1. The van der Waals surface area contributed by atoms with Gasteiger partial charge < -0.3 is 10.2 Å². The molecule has 94 valence electrons. The molecule has 3 N–H and O–H groups in total. The van der Waals surface area contributed by atoms with Gasteiger partial charge in [-0.05, 0) is 18.8 Å². The quantitative estimate of drug-likeness (QED) is 0.620. The summed E-state index contributed by atoms with van der Waals surface area (Å²) in [5.41, 5.74) is -1.82. The minimum Gasteiger partial charge on any atom is -0.396 e. The summed E-state index contributed by atoms with van der Waals surface area (Å²) in [5, 5.41) is 18.7. The van der Waals surface area contributed by atoms with Gasteiger partial charge in [0.05, 0.1) is 18.3 Å². The van der Waals surface area contributed by atoms with Crippen LogP contribution in [0.5, 0.6) is 0 Å². The molecule has 1 aromatic rings. The Morgan fingerprint density at radius 1 is 1.47 bits per heavy atom. The van der Waals surface area contributed by atoms with Gasteiger partial charge >= 0.3 is 5.69 Å². The highest BCUT2D eigenvalue weighted by Crippen LogP contribution is 2.33. The number of aromatic amines is 1. The van der Waals surface area contributed by atoms with Crippen molar-refractivity contribution in [1.29, 1.82) is 0 Å². The highest BCUT2D eigenvalue weighted by Gasteiger charge is 2.34. The first-order valence-electron chi connectivity index (χ1n) is 5.32. The summed E-state index contributed by atoms with van der Waals surface area (Å²) in [5.74, 6) is -1.18. The van der Waals surface area contributed by atoms with E-state index < -0.39 is 29.2 Å². The number of rotatable bonds is 2. The Morgan fingerprint density at radius 2 is 2.18 bits per heavy atom. The molecule has 0 radical (unpaired) electrons. The van der Waals surface area contributed by atoms with Crippen LogP contribution in [0.1, 0.15) is 18.9 Å². The van der Waals surface area contributed by atoms with Crippen molar-refractivity contribution in [3.05, 3.63) is 32.9 Å². The number of aromatic nitrogens is 2. The Balaban J connectivity index is 2.38. The zero-order valence-corrected chi connectivity index (χ0v) is 8.97. The number of hydrogen-bond donors (Lipinski definition) is 3. The summed E-state index contributed by atoms with van der Waals surface area (Å²) in [6.45, 7) is -0.0891. The average Bonchev–Trinajstić information content (AvgIpc) is 2.65. The van der Waals surface area contributed by atoms with E-state index in [4.69, 9.17) is 5.11 Å². The molecule has 1 saturated carbocycles. The molecule has 1 heterocycles. The SMILES string of the molecule is O=c1[nH]c(=O)n(C2CC(CO)CC2O)cc1F. The first-order valence-corrected chi connectivity index (χ1v) is 5.32. The summed E-state index contributed by atoms with van der Waals surface area (Å²) >= 11 is 0. The lowest BCUT2D eigenvalue weighted by Gasteiger charge is -2.16. The Hall–Kier alpha value is -1.47. The van der Waals surface area contributed by atoms with Crippen molar-refractivity contribution in [3.8, 4) is 0 Å². The number of hydrogen-bond acceptors (Lipinski definition) is 4. The number of halogens is 1. The van der Waals surface area contributed by atoms with E-state index in [1.807, 2.05) is 4.98 Å². The summed E-state index contributed by atoms with van der Waals surface area (Å²) in [6.07, 6.45) is 0.710. The van der Waals surface area contributed by atoms with Gasteiger partial charge in [-0.2, -0.15) is 4.39 Å². The van der Waals surface area contributed by atoms with E-state index in [1.54, 1.807) is 0 Å². The van der Waals surface area contributed by atoms with Crippen molar-refractivity contribution in [1.82, 2.24) is 9.55 Å². The molecule has 3 unspecified atom stereocenters. The first kappa shape index (κ1) is 12.0. The fourth-order valence-corrected chi connectivity index (χ4v) is 2.25. The largest absolute Gasteiger partial charge is 0.396 e. The average molecular weight is 244 g/mol. The minimum absolute atomic E-state index is 0.0891. The van der Waals surface area contributed by atoms with Crippen LogP contribution in [0.4, 0.5) is 4.39 Å². The molecular weight excluding hydrogens is 231 g/mol. The molecule has 1 aliphatic carbocycles. The van der Waals surface area contributed by atoms with E-state index in [0.717, 1.165) is 10.8 Å². The van der Waals surface area contributed by atoms with Crippen LogP contribution in [0, 0.1) is 11.7 Å². The molecule has 0 amide bonds. The van der Waals surface area contributed by atoms with E-state index in [2.05, 4.69) is 0 Å². The molecule has 0 bridgehead atoms. The fraction of sp³-hybridized carbons (Fsp3) is 0.600. The Labute approximate surface area is 95.3 Å². The van der Waals surface area contributed by atoms with Crippen LogP contribution in [0.3, 0.4) is 0 Å². The van der Waals surface area contributed by atoms with Crippen LogP contribution in [0.2, 0.25) is 0 Å². The van der Waals surface area contributed by atoms with Gasteiger partial charge in [0.25, 0.3) is 5.56 Å². The fourth-order valence-electron chi connectivity index (χ4n) is 2.25. The number of aliphatic hydroxyl groups excluding tert-OH is 2. The lowest BCUT2D eigenvalue weighted by atomic mass is 10.1. The van der Waals surface area contributed by atoms with Crippen LogP contribution in [-0.4, -0.2) is 32.5 Å². The molecule has 1 aliphatic rings. The molecule has 0 saturated heterocycles. The Morgan fingerprint density at radius 3 is 2.76 bits per heavy atom. The minimum atomic E-state index is -1.07. The van der Waals surface area contributed by atoms with Gasteiger partial charge in [0.1, 0.15) is 0 Å². The third kappa shape index (κ3) is 2.16. The molecular formula is C10H13FN2O4. The first-order chi connectivity index (χ1) is 8.02. The van der Waals surface area contributed by atoms with Crippen molar-refractivity contribution >= 4 is 0 Å². The van der Waals surface area contributed by atoms with Gasteiger partial charge in [0.15, 0.2) is 0 Å². The van der Waals surface area contributed by atoms with Crippen molar-refractivity contribution in [2.45, 2.75) is 25.0 Å². The Bertz CT molecular complexity index is 524. The van der Waals surface area contributed by atoms with Gasteiger partial charge in [-0.15, -0.1) is 0 Å². The summed E-state index contributed by atoms with van der Waals surface area (Å²) in [7, 11) is 0. The maximum Gasteiger partial charge on any atom is 0.328 e. The lowest BCUT2D eigenvalue weighted by Crippen LogP contribution is -2.36. The predicted molar refractivity (Wildman–Crippen MR) is 56.1 cm³/mol. The molecule has 2 rings (SSSR count). The van der Waals surface area contributed by atoms with Crippen molar-refractivity contribution < 1.29 is 14.6 Å². The number of nitrogens with one attached hydrogen (secondary N) is 1. The molecule has 3 atom stereocenters. The summed E-state index contributed by atoms with van der Waals surface area (Å²) in [4.78, 5) is 24.2. The van der Waals surface area contributed by atoms with Crippen molar-refractivity contribution in [2.24, 2.45) is 5.92 Å². The highest BCUT2D eigenvalue weighted by atomic mass is 19.1. The van der Waals surface area contributed by atoms with E-state index in [9.17, 15) is 19.1 Å². The van der Waals surface area contributed by atoms with Crippen LogP contribution in [0.25, 0.3) is 0 Å². The normalized spacial score (nSPS) is 28.5. The van der Waals surface area contributed by atoms with Crippen molar-refractivity contribution in [2.75, 3.05) is 6.61 Å². The second-order valence-corrected chi connectivity index (χ2v) is 4.30. The van der Waals surface area contributed by atoms with Gasteiger partial charge in [-0.25, -0.2) is 4.79 Å². The number of aliphatic hydroxyl groups is 2. The predicted octanol–water partition coefficient (Wildman–Crippen LogP) is -1.02. The monoisotopic (exact) mass is 244 g/mol. The third-order valence-corrected chi connectivity index (χ3v) is 3.13. The standard InChI is InChI=1S/C10H13FN2O4/c11-6-3-13(10(17)12-9(6)16)7-1-5(4-14)2-8(7)15/h3,5,7-8,14-15H,1-2,4H2,(H,12,16,17). The maximum atomic E-state index is 13.1. The van der Waals surface area contributed by atoms with E-state index in [-0.39, 0.29) is 12.5 Å². The van der Waals surface area contributed by atoms with Crippen LogP contribution in [-0.2, 0) is 0 Å². The zero-order chi connectivity index (χ0) is 12.6. The lowest BCUT2D eigenvalue weighted by molar-refractivity contribution is 0.128. The van der Waals surface area contributed by atoms with E-state index in [1.165, 1.54) is 0 Å². The van der Waals surface area contributed by atoms with Crippen LogP contribution in [0.15, 0.2) is 15.8 Å². The molecule has 0 aliphatic heterocycles. The molecule has 0 spiro atoms. The summed E-state index contributed by atoms with van der Waals surface area (Å²) in [6, 6.07) is -0.606. The van der Waals surface area contributed by atoms with Gasteiger partial charge in [0, 0.05) is 6.61 Å². The van der Waals surface area contributed by atoms with Crippen LogP contribution >= 0.6 is 0 Å². The van der Waals surface area contributed by atoms with Gasteiger partial charge in [-0.1, -0.05) is 0 Å². The molecule has 17 heavy (non-hydrogen) atoms. The molecule has 1 fully saturated rings. The number of H-pyrrole nitrogens is 1. The van der Waals surface area contributed by atoms with Gasteiger partial charge in [0.2, 0.25) is 5.82 Å². The summed E-state index contributed by atoms with van der Waals surface area (Å²) < 4.78 is 14.1. The topological polar surface area (TPSA) is 95.3 Å². The van der Waals surface area contributed by atoms with E-state index >= 15 is 0 Å². The van der Waals surface area contributed by atoms with Crippen LogP contribution < -0.4 is 11.2 Å². The third-order valence-electron chi connectivity index (χ3n) is 3.13. The molecule has 6 nitrogen and oxygen atoms in total.